The van der Waals surface area contributed by atoms with Crippen LogP contribution in [0.5, 0.6) is 0 Å². The highest BCUT2D eigenvalue weighted by molar-refractivity contribution is 5.95. The summed E-state index contributed by atoms with van der Waals surface area (Å²) in [6.45, 7) is 13.1. The second-order valence-electron chi connectivity index (χ2n) is 13.0. The van der Waals surface area contributed by atoms with E-state index in [-0.39, 0.29) is 0 Å². The van der Waals surface area contributed by atoms with Gasteiger partial charge >= 0.3 is 6.09 Å². The second-order valence-corrected chi connectivity index (χ2v) is 13.0. The van der Waals surface area contributed by atoms with Crippen LogP contribution in [-0.2, 0) is 17.2 Å². The average Bonchev–Trinajstić information content (AvgIpc) is 3.65. The van der Waals surface area contributed by atoms with Gasteiger partial charge in [-0.25, -0.2) is 14.8 Å². The van der Waals surface area contributed by atoms with Gasteiger partial charge in [0.1, 0.15) is 11.7 Å². The molecular formula is C31H39N9O2. The van der Waals surface area contributed by atoms with Gasteiger partial charge in [-0.15, -0.1) is 0 Å². The lowest BCUT2D eigenvalue weighted by molar-refractivity contribution is 0.0572. The van der Waals surface area contributed by atoms with Gasteiger partial charge in [-0.1, -0.05) is 6.92 Å². The molecule has 0 bridgehead atoms. The summed E-state index contributed by atoms with van der Waals surface area (Å²) in [6.07, 6.45) is 5.74. The van der Waals surface area contributed by atoms with Gasteiger partial charge in [-0.05, 0) is 57.4 Å². The highest BCUT2D eigenvalue weighted by Crippen LogP contribution is 2.46. The number of hydrogen-bond acceptors (Lipinski definition) is 9. The highest BCUT2D eigenvalue weighted by atomic mass is 16.6. The molecular weight excluding hydrogens is 530 g/mol. The molecule has 6 rings (SSSR count). The molecule has 220 valence electrons. The van der Waals surface area contributed by atoms with Crippen molar-refractivity contribution in [2.75, 3.05) is 49.5 Å². The van der Waals surface area contributed by atoms with Crippen LogP contribution < -0.4 is 10.2 Å². The number of aryl methyl sites for hydroxylation is 1. The standard InChI is InChI=1S/C31H39N9O2/c1-30(2,3)42-29(41)40-20-31(4,19-38-12-14-39(15-13-38)23-6-7-23)24-17-21(16-22(18-32)27(24)40)25-8-10-33-28(34-25)35-26-9-11-37(5)36-26/h8-11,16-17,23H,6-7,12-15,19-20H2,1-5H3,(H,33,34,35,36)/t31-/m1/s1. The lowest BCUT2D eigenvalue weighted by Crippen LogP contribution is -2.52. The van der Waals surface area contributed by atoms with E-state index in [1.54, 1.807) is 15.8 Å². The Morgan fingerprint density at radius 2 is 1.95 bits per heavy atom. The zero-order valence-electron chi connectivity index (χ0n) is 25.1. The second kappa shape index (κ2) is 10.7. The van der Waals surface area contributed by atoms with Crippen LogP contribution in [-0.4, -0.2) is 86.6 Å². The molecule has 3 aliphatic rings. The Bertz CT molecular complexity index is 1530. The van der Waals surface area contributed by atoms with Crippen LogP contribution >= 0.6 is 0 Å². The molecule has 2 aliphatic heterocycles. The van der Waals surface area contributed by atoms with Crippen molar-refractivity contribution in [3.63, 3.8) is 0 Å². The fourth-order valence-electron chi connectivity index (χ4n) is 6.14. The minimum absolute atomic E-state index is 0.405. The van der Waals surface area contributed by atoms with Crippen LogP contribution in [0.15, 0.2) is 36.7 Å². The fourth-order valence-corrected chi connectivity index (χ4v) is 6.14. The third-order valence-electron chi connectivity index (χ3n) is 8.22. The average molecular weight is 570 g/mol. The Kier molecular flexibility index (Phi) is 7.15. The molecule has 1 atom stereocenters. The molecule has 2 aromatic heterocycles. The Labute approximate surface area is 247 Å². The summed E-state index contributed by atoms with van der Waals surface area (Å²) >= 11 is 0. The van der Waals surface area contributed by atoms with Crippen LogP contribution in [0.1, 0.15) is 51.7 Å². The SMILES string of the molecule is Cn1ccc(Nc2nccc(-c3cc(C#N)c4c(c3)[C@](C)(CN3CCN(C5CC5)CC3)CN4C(=O)OC(C)(C)C)n2)n1. The van der Waals surface area contributed by atoms with E-state index in [0.29, 0.717) is 35.3 Å². The number of aromatic nitrogens is 4. The first kappa shape index (κ1) is 28.1. The molecule has 3 aromatic rings. The summed E-state index contributed by atoms with van der Waals surface area (Å²) in [5.41, 5.74) is 2.44. The number of rotatable bonds is 6. The Morgan fingerprint density at radius 3 is 2.60 bits per heavy atom. The Balaban J connectivity index is 1.35. The molecule has 1 aromatic carbocycles. The lowest BCUT2D eigenvalue weighted by atomic mass is 9.82. The number of carbonyl (C=O) groups is 1. The van der Waals surface area contributed by atoms with Gasteiger partial charge < -0.3 is 10.1 Å². The number of nitrogens with zero attached hydrogens (tertiary/aromatic N) is 8. The number of ether oxygens (including phenoxy) is 1. The van der Waals surface area contributed by atoms with E-state index in [4.69, 9.17) is 9.72 Å². The topological polar surface area (TPSA) is 115 Å². The first-order chi connectivity index (χ1) is 20.0. The van der Waals surface area contributed by atoms with E-state index >= 15 is 0 Å². The predicted molar refractivity (Wildman–Crippen MR) is 161 cm³/mol. The van der Waals surface area contributed by atoms with E-state index < -0.39 is 17.1 Å². The monoisotopic (exact) mass is 569 g/mol. The van der Waals surface area contributed by atoms with E-state index in [1.165, 1.54) is 12.8 Å². The van der Waals surface area contributed by atoms with E-state index in [2.05, 4.69) is 44.3 Å². The number of fused-ring (bicyclic) bond motifs is 1. The molecule has 4 heterocycles. The van der Waals surface area contributed by atoms with Crippen LogP contribution in [0.4, 0.5) is 22.2 Å². The van der Waals surface area contributed by atoms with Crippen molar-refractivity contribution >= 4 is 23.5 Å². The summed E-state index contributed by atoms with van der Waals surface area (Å²) in [6, 6.07) is 10.7. The van der Waals surface area contributed by atoms with Crippen molar-refractivity contribution in [3.8, 4) is 17.3 Å². The number of nitriles is 1. The number of hydrogen-bond donors (Lipinski definition) is 1. The molecule has 0 radical (unpaired) electrons. The maximum absolute atomic E-state index is 13.5. The van der Waals surface area contributed by atoms with Gasteiger partial charge in [0, 0.05) is 81.8 Å². The van der Waals surface area contributed by atoms with Crippen molar-refractivity contribution in [2.24, 2.45) is 7.05 Å². The fraction of sp³-hybridized carbons (Fsp3) is 0.516. The number of carbonyl (C=O) groups excluding carboxylic acids is 1. The van der Waals surface area contributed by atoms with Crippen molar-refractivity contribution in [3.05, 3.63) is 47.8 Å². The van der Waals surface area contributed by atoms with Crippen molar-refractivity contribution in [2.45, 2.75) is 57.6 Å². The summed E-state index contributed by atoms with van der Waals surface area (Å²) in [5, 5.41) is 17.8. The van der Waals surface area contributed by atoms with Gasteiger partial charge in [0.15, 0.2) is 5.82 Å². The van der Waals surface area contributed by atoms with E-state index in [1.807, 2.05) is 52.2 Å². The largest absolute Gasteiger partial charge is 0.443 e. The molecule has 1 saturated carbocycles. The van der Waals surface area contributed by atoms with Gasteiger partial charge in [0.25, 0.3) is 0 Å². The van der Waals surface area contributed by atoms with Gasteiger partial charge in [0.05, 0.1) is 16.9 Å². The highest BCUT2D eigenvalue weighted by Gasteiger charge is 2.46. The number of amides is 1. The molecule has 42 heavy (non-hydrogen) atoms. The van der Waals surface area contributed by atoms with Crippen LogP contribution in [0, 0.1) is 11.3 Å². The third kappa shape index (κ3) is 5.82. The molecule has 2 fully saturated rings. The zero-order chi connectivity index (χ0) is 29.6. The molecule has 1 saturated heterocycles. The Hall–Kier alpha value is -4.01. The summed E-state index contributed by atoms with van der Waals surface area (Å²) in [7, 11) is 1.85. The number of nitrogens with one attached hydrogen (secondary N) is 1. The first-order valence-corrected chi connectivity index (χ1v) is 14.7. The zero-order valence-corrected chi connectivity index (χ0v) is 25.1. The van der Waals surface area contributed by atoms with Crippen LogP contribution in [0.25, 0.3) is 11.3 Å². The molecule has 0 spiro atoms. The smallest absolute Gasteiger partial charge is 0.414 e. The summed E-state index contributed by atoms with van der Waals surface area (Å²) in [5.74, 6) is 1.06. The minimum Gasteiger partial charge on any atom is -0.443 e. The molecule has 11 nitrogen and oxygen atoms in total. The molecule has 11 heteroatoms. The normalized spacial score (nSPS) is 21.2. The van der Waals surface area contributed by atoms with Crippen LogP contribution in [0.2, 0.25) is 0 Å². The van der Waals surface area contributed by atoms with Crippen LogP contribution in [0.3, 0.4) is 0 Å². The lowest BCUT2D eigenvalue weighted by Gasteiger charge is -2.39. The molecule has 1 amide bonds. The Morgan fingerprint density at radius 1 is 1.19 bits per heavy atom. The molecule has 1 aliphatic carbocycles. The number of piperazine rings is 1. The maximum atomic E-state index is 13.5. The van der Waals surface area contributed by atoms with Crippen molar-refractivity contribution in [1.29, 1.82) is 5.26 Å². The maximum Gasteiger partial charge on any atom is 0.414 e. The molecule has 1 N–H and O–H groups in total. The summed E-state index contributed by atoms with van der Waals surface area (Å²) in [4.78, 5) is 29.4. The number of benzene rings is 1. The van der Waals surface area contributed by atoms with Crippen molar-refractivity contribution in [1.82, 2.24) is 29.5 Å². The van der Waals surface area contributed by atoms with Gasteiger partial charge in [-0.2, -0.15) is 10.4 Å². The quantitative estimate of drug-likeness (QED) is 0.464. The van der Waals surface area contributed by atoms with E-state index in [0.717, 1.165) is 49.9 Å². The molecule has 0 unspecified atom stereocenters. The minimum atomic E-state index is -0.653. The van der Waals surface area contributed by atoms with Crippen molar-refractivity contribution < 1.29 is 9.53 Å². The third-order valence-corrected chi connectivity index (χ3v) is 8.22. The van der Waals surface area contributed by atoms with E-state index in [9.17, 15) is 10.1 Å². The van der Waals surface area contributed by atoms with Gasteiger partial charge in [-0.3, -0.25) is 19.4 Å². The van der Waals surface area contributed by atoms with Gasteiger partial charge in [0.2, 0.25) is 5.95 Å². The number of anilines is 3. The predicted octanol–water partition coefficient (Wildman–Crippen LogP) is 4.29. The summed E-state index contributed by atoms with van der Waals surface area (Å²) < 4.78 is 7.52. The first-order valence-electron chi connectivity index (χ1n) is 14.7.